The molecular formula is C17H21N3O5S. The number of hydrogen-bond donors (Lipinski definition) is 2. The standard InChI is InChI=1S/C17H21N3O5S/c1-11(21)18-13-3-2-4-15(8-13)20-9-12(7-16(20)22)17(23)19-14-5-6-26(24,25)10-14/h2-4,8,12,14H,5-7,9-10H2,1H3,(H,18,21)(H,19,23). The average Bonchev–Trinajstić information content (AvgIpc) is 3.09. The second-order valence-corrected chi connectivity index (χ2v) is 8.97. The Bertz CT molecular complexity index is 852. The van der Waals surface area contributed by atoms with Gasteiger partial charge in [0, 0.05) is 37.3 Å². The molecule has 0 aromatic heterocycles. The van der Waals surface area contributed by atoms with Crippen molar-refractivity contribution in [3.8, 4) is 0 Å². The van der Waals surface area contributed by atoms with Crippen molar-refractivity contribution in [3.63, 3.8) is 0 Å². The highest BCUT2D eigenvalue weighted by molar-refractivity contribution is 7.91. The molecule has 2 fully saturated rings. The molecule has 140 valence electrons. The highest BCUT2D eigenvalue weighted by Gasteiger charge is 2.37. The van der Waals surface area contributed by atoms with Crippen molar-refractivity contribution in [1.82, 2.24) is 5.32 Å². The fourth-order valence-corrected chi connectivity index (χ4v) is 4.99. The average molecular weight is 379 g/mol. The molecule has 3 amide bonds. The van der Waals surface area contributed by atoms with Crippen molar-refractivity contribution in [2.75, 3.05) is 28.3 Å². The molecule has 26 heavy (non-hydrogen) atoms. The van der Waals surface area contributed by atoms with E-state index in [0.717, 1.165) is 0 Å². The smallest absolute Gasteiger partial charge is 0.227 e. The summed E-state index contributed by atoms with van der Waals surface area (Å²) in [6, 6.07) is 6.50. The number of nitrogens with zero attached hydrogens (tertiary/aromatic N) is 1. The number of amides is 3. The van der Waals surface area contributed by atoms with E-state index in [1.54, 1.807) is 24.3 Å². The number of benzene rings is 1. The van der Waals surface area contributed by atoms with E-state index in [0.29, 0.717) is 17.8 Å². The quantitative estimate of drug-likeness (QED) is 0.781. The zero-order chi connectivity index (χ0) is 18.9. The van der Waals surface area contributed by atoms with Crippen LogP contribution in [0, 0.1) is 5.92 Å². The van der Waals surface area contributed by atoms with Crippen molar-refractivity contribution in [3.05, 3.63) is 24.3 Å². The van der Waals surface area contributed by atoms with Gasteiger partial charge in [0.15, 0.2) is 9.84 Å². The van der Waals surface area contributed by atoms with Gasteiger partial charge in [-0.05, 0) is 24.6 Å². The van der Waals surface area contributed by atoms with Gasteiger partial charge in [0.1, 0.15) is 0 Å². The van der Waals surface area contributed by atoms with Gasteiger partial charge < -0.3 is 15.5 Å². The van der Waals surface area contributed by atoms with Crippen LogP contribution in [0.5, 0.6) is 0 Å². The van der Waals surface area contributed by atoms with Crippen LogP contribution in [0.15, 0.2) is 24.3 Å². The molecule has 2 N–H and O–H groups in total. The first-order chi connectivity index (χ1) is 12.2. The first-order valence-electron chi connectivity index (χ1n) is 8.42. The summed E-state index contributed by atoms with van der Waals surface area (Å²) in [4.78, 5) is 37.4. The van der Waals surface area contributed by atoms with Gasteiger partial charge in [-0.15, -0.1) is 0 Å². The molecule has 3 rings (SSSR count). The summed E-state index contributed by atoms with van der Waals surface area (Å²) in [6.07, 6.45) is 0.493. The minimum absolute atomic E-state index is 0.0398. The Hall–Kier alpha value is -2.42. The fraction of sp³-hybridized carbons (Fsp3) is 0.471. The van der Waals surface area contributed by atoms with E-state index < -0.39 is 15.8 Å². The van der Waals surface area contributed by atoms with Gasteiger partial charge in [-0.2, -0.15) is 0 Å². The summed E-state index contributed by atoms with van der Waals surface area (Å²) < 4.78 is 23.0. The lowest BCUT2D eigenvalue weighted by Gasteiger charge is -2.18. The number of carbonyl (C=O) groups is 3. The molecule has 2 unspecified atom stereocenters. The maximum Gasteiger partial charge on any atom is 0.227 e. The van der Waals surface area contributed by atoms with Crippen molar-refractivity contribution >= 4 is 38.9 Å². The van der Waals surface area contributed by atoms with Crippen LogP contribution in [-0.2, 0) is 24.2 Å². The number of nitrogens with one attached hydrogen (secondary N) is 2. The highest BCUT2D eigenvalue weighted by atomic mass is 32.2. The third kappa shape index (κ3) is 4.21. The monoisotopic (exact) mass is 379 g/mol. The van der Waals surface area contributed by atoms with Gasteiger partial charge in [0.05, 0.1) is 17.4 Å². The predicted molar refractivity (Wildman–Crippen MR) is 96.4 cm³/mol. The van der Waals surface area contributed by atoms with E-state index in [9.17, 15) is 22.8 Å². The molecule has 9 heteroatoms. The molecule has 1 aromatic rings. The van der Waals surface area contributed by atoms with E-state index in [1.807, 2.05) is 0 Å². The number of rotatable bonds is 4. The van der Waals surface area contributed by atoms with Gasteiger partial charge >= 0.3 is 0 Å². The van der Waals surface area contributed by atoms with Crippen LogP contribution in [0.4, 0.5) is 11.4 Å². The van der Waals surface area contributed by atoms with Gasteiger partial charge in [-0.3, -0.25) is 14.4 Å². The van der Waals surface area contributed by atoms with E-state index in [2.05, 4.69) is 10.6 Å². The lowest BCUT2D eigenvalue weighted by Crippen LogP contribution is -2.40. The minimum Gasteiger partial charge on any atom is -0.352 e. The third-order valence-electron chi connectivity index (χ3n) is 4.55. The molecule has 2 aliphatic rings. The Kier molecular flexibility index (Phi) is 4.99. The summed E-state index contributed by atoms with van der Waals surface area (Å²) in [6.45, 7) is 1.63. The predicted octanol–water partition coefficient (Wildman–Crippen LogP) is 0.301. The molecule has 0 spiro atoms. The van der Waals surface area contributed by atoms with Crippen molar-refractivity contribution < 1.29 is 22.8 Å². The number of carbonyl (C=O) groups excluding carboxylic acids is 3. The van der Waals surface area contributed by atoms with Crippen LogP contribution >= 0.6 is 0 Å². The molecule has 2 saturated heterocycles. The van der Waals surface area contributed by atoms with E-state index >= 15 is 0 Å². The number of hydrogen-bond acceptors (Lipinski definition) is 5. The fourth-order valence-electron chi connectivity index (χ4n) is 3.32. The maximum atomic E-state index is 12.4. The molecule has 2 aliphatic heterocycles. The van der Waals surface area contributed by atoms with Gasteiger partial charge in [-0.25, -0.2) is 8.42 Å². The SMILES string of the molecule is CC(=O)Nc1cccc(N2CC(C(=O)NC3CCS(=O)(=O)C3)CC2=O)c1. The van der Waals surface area contributed by atoms with Gasteiger partial charge in [0.2, 0.25) is 17.7 Å². The van der Waals surface area contributed by atoms with E-state index in [4.69, 9.17) is 0 Å². The Labute approximate surface area is 151 Å². The van der Waals surface area contributed by atoms with E-state index in [1.165, 1.54) is 11.8 Å². The Morgan fingerprint density at radius 3 is 2.69 bits per heavy atom. The molecule has 0 aliphatic carbocycles. The Morgan fingerprint density at radius 2 is 2.04 bits per heavy atom. The molecule has 2 heterocycles. The van der Waals surface area contributed by atoms with Crippen LogP contribution < -0.4 is 15.5 Å². The van der Waals surface area contributed by atoms with E-state index in [-0.39, 0.29) is 48.2 Å². The van der Waals surface area contributed by atoms with Crippen LogP contribution in [0.25, 0.3) is 0 Å². The molecule has 2 atom stereocenters. The second-order valence-electron chi connectivity index (χ2n) is 6.75. The van der Waals surface area contributed by atoms with Crippen LogP contribution in [0.1, 0.15) is 19.8 Å². The van der Waals surface area contributed by atoms with Crippen LogP contribution in [0.3, 0.4) is 0 Å². The lowest BCUT2D eigenvalue weighted by atomic mass is 10.1. The Balaban J connectivity index is 1.65. The zero-order valence-corrected chi connectivity index (χ0v) is 15.2. The topological polar surface area (TPSA) is 113 Å². The summed E-state index contributed by atoms with van der Waals surface area (Å²) in [5.41, 5.74) is 1.19. The summed E-state index contributed by atoms with van der Waals surface area (Å²) in [7, 11) is -3.07. The molecule has 0 radical (unpaired) electrons. The summed E-state index contributed by atoms with van der Waals surface area (Å²) in [5.74, 6) is -1.15. The second kappa shape index (κ2) is 7.06. The lowest BCUT2D eigenvalue weighted by molar-refractivity contribution is -0.126. The van der Waals surface area contributed by atoms with Gasteiger partial charge in [-0.1, -0.05) is 6.07 Å². The van der Waals surface area contributed by atoms with Crippen molar-refractivity contribution in [2.45, 2.75) is 25.8 Å². The number of anilines is 2. The largest absolute Gasteiger partial charge is 0.352 e. The van der Waals surface area contributed by atoms with Crippen molar-refractivity contribution in [1.29, 1.82) is 0 Å². The zero-order valence-electron chi connectivity index (χ0n) is 14.4. The summed E-state index contributed by atoms with van der Waals surface area (Å²) >= 11 is 0. The third-order valence-corrected chi connectivity index (χ3v) is 6.32. The highest BCUT2D eigenvalue weighted by Crippen LogP contribution is 2.27. The first kappa shape index (κ1) is 18.4. The minimum atomic E-state index is -3.07. The molecule has 1 aromatic carbocycles. The first-order valence-corrected chi connectivity index (χ1v) is 10.2. The number of sulfone groups is 1. The normalized spacial score (nSPS) is 24.5. The van der Waals surface area contributed by atoms with Crippen LogP contribution in [-0.4, -0.2) is 50.2 Å². The van der Waals surface area contributed by atoms with Gasteiger partial charge in [0.25, 0.3) is 0 Å². The Morgan fingerprint density at radius 1 is 1.27 bits per heavy atom. The molecular weight excluding hydrogens is 358 g/mol. The summed E-state index contributed by atoms with van der Waals surface area (Å²) in [5, 5.41) is 5.41. The maximum absolute atomic E-state index is 12.4. The molecule has 0 bridgehead atoms. The van der Waals surface area contributed by atoms with Crippen LogP contribution in [0.2, 0.25) is 0 Å². The van der Waals surface area contributed by atoms with Crippen molar-refractivity contribution in [2.24, 2.45) is 5.92 Å². The molecule has 8 nitrogen and oxygen atoms in total. The molecule has 0 saturated carbocycles.